The topological polar surface area (TPSA) is 81.1 Å². The summed E-state index contributed by atoms with van der Waals surface area (Å²) in [4.78, 5) is 42.5. The highest BCUT2D eigenvalue weighted by Gasteiger charge is 2.30. The number of rotatable bonds is 4. The Balaban J connectivity index is 1.77. The molecule has 1 atom stereocenters. The number of amides is 2. The Labute approximate surface area is 166 Å². The number of hydrogen-bond acceptors (Lipinski definition) is 5. The van der Waals surface area contributed by atoms with Crippen molar-refractivity contribution in [3.05, 3.63) is 70.3 Å². The van der Waals surface area contributed by atoms with Gasteiger partial charge in [0.05, 0.1) is 10.9 Å². The maximum absolute atomic E-state index is 13.4. The molecule has 0 spiro atoms. The minimum Gasteiger partial charge on any atom is -0.295 e. The van der Waals surface area contributed by atoms with Crippen LogP contribution in [0, 0.1) is 6.92 Å². The average molecular weight is 393 g/mol. The van der Waals surface area contributed by atoms with E-state index in [1.807, 2.05) is 48.5 Å². The molecule has 1 aliphatic rings. The minimum absolute atomic E-state index is 0.213. The van der Waals surface area contributed by atoms with Crippen molar-refractivity contribution in [2.75, 3.05) is 0 Å². The molecule has 6 nitrogen and oxygen atoms in total. The second-order valence-electron chi connectivity index (χ2n) is 6.73. The monoisotopic (exact) mass is 393 g/mol. The summed E-state index contributed by atoms with van der Waals surface area (Å²) in [5, 5.41) is 2.83. The first-order chi connectivity index (χ1) is 13.5. The van der Waals surface area contributed by atoms with E-state index in [0.717, 1.165) is 16.2 Å². The molecule has 0 saturated carbocycles. The molecule has 1 N–H and O–H groups in total. The number of nitrogens with one attached hydrogen (secondary N) is 1. The molecule has 1 aliphatic heterocycles. The van der Waals surface area contributed by atoms with Crippen LogP contribution in [0.25, 0.3) is 10.9 Å². The van der Waals surface area contributed by atoms with Gasteiger partial charge in [-0.05, 0) is 31.0 Å². The lowest BCUT2D eigenvalue weighted by atomic mass is 10.1. The van der Waals surface area contributed by atoms with Gasteiger partial charge in [-0.1, -0.05) is 36.4 Å². The second-order valence-corrected chi connectivity index (χ2v) is 7.74. The SMILES string of the molecule is Cc1nc2cccc(SCc3ccccc3)c2c(=O)n1C1CCC(=O)NC1=O. The third kappa shape index (κ3) is 3.45. The molecule has 3 aromatic rings. The Morgan fingerprint density at radius 3 is 2.64 bits per heavy atom. The zero-order valence-electron chi connectivity index (χ0n) is 15.3. The number of aryl methyl sites for hydroxylation is 1. The standard InChI is InChI=1S/C21H19N3O3S/c1-13-22-15-8-5-9-17(28-12-14-6-3-2-4-7-14)19(15)21(27)24(13)16-10-11-18(25)23-20(16)26/h2-9,16H,10-12H2,1H3,(H,23,25,26). The molecule has 0 aliphatic carbocycles. The predicted molar refractivity (Wildman–Crippen MR) is 108 cm³/mol. The summed E-state index contributed by atoms with van der Waals surface area (Å²) in [6, 6.07) is 14.9. The van der Waals surface area contributed by atoms with Gasteiger partial charge in [0.1, 0.15) is 11.9 Å². The molecule has 0 radical (unpaired) electrons. The Bertz CT molecular complexity index is 1120. The fourth-order valence-electron chi connectivity index (χ4n) is 3.47. The van der Waals surface area contributed by atoms with E-state index in [1.54, 1.807) is 18.7 Å². The maximum Gasteiger partial charge on any atom is 0.263 e. The molecule has 1 unspecified atom stereocenters. The number of piperidine rings is 1. The van der Waals surface area contributed by atoms with Crippen molar-refractivity contribution < 1.29 is 9.59 Å². The van der Waals surface area contributed by atoms with Crippen molar-refractivity contribution >= 4 is 34.5 Å². The van der Waals surface area contributed by atoms with E-state index in [2.05, 4.69) is 10.3 Å². The highest BCUT2D eigenvalue weighted by Crippen LogP contribution is 2.29. The molecular formula is C21H19N3O3S. The van der Waals surface area contributed by atoms with Crippen LogP contribution in [0.5, 0.6) is 0 Å². The molecule has 28 heavy (non-hydrogen) atoms. The first kappa shape index (κ1) is 18.4. The molecule has 2 aromatic carbocycles. The number of fused-ring (bicyclic) bond motifs is 1. The maximum atomic E-state index is 13.4. The number of nitrogens with zero attached hydrogens (tertiary/aromatic N) is 2. The summed E-state index contributed by atoms with van der Waals surface area (Å²) >= 11 is 1.57. The number of hydrogen-bond donors (Lipinski definition) is 1. The lowest BCUT2D eigenvalue weighted by Gasteiger charge is -2.24. The Morgan fingerprint density at radius 1 is 1.11 bits per heavy atom. The van der Waals surface area contributed by atoms with Crippen molar-refractivity contribution in [2.45, 2.75) is 36.5 Å². The molecule has 4 rings (SSSR count). The zero-order chi connectivity index (χ0) is 19.7. The number of benzene rings is 2. The second kappa shape index (κ2) is 7.59. The van der Waals surface area contributed by atoms with Gasteiger partial charge < -0.3 is 0 Å². The molecule has 1 fully saturated rings. The highest BCUT2D eigenvalue weighted by molar-refractivity contribution is 7.98. The van der Waals surface area contributed by atoms with Crippen LogP contribution in [0.4, 0.5) is 0 Å². The van der Waals surface area contributed by atoms with Gasteiger partial charge in [-0.2, -0.15) is 0 Å². The van der Waals surface area contributed by atoms with Crippen LogP contribution in [-0.2, 0) is 15.3 Å². The van der Waals surface area contributed by atoms with E-state index in [0.29, 0.717) is 23.1 Å². The van der Waals surface area contributed by atoms with Crippen LogP contribution in [0.3, 0.4) is 0 Å². The molecule has 7 heteroatoms. The molecule has 142 valence electrons. The summed E-state index contributed by atoms with van der Waals surface area (Å²) in [6.07, 6.45) is 0.517. The summed E-state index contributed by atoms with van der Waals surface area (Å²) in [7, 11) is 0. The van der Waals surface area contributed by atoms with Crippen molar-refractivity contribution in [1.82, 2.24) is 14.9 Å². The van der Waals surface area contributed by atoms with E-state index in [1.165, 1.54) is 4.57 Å². The Hall–Kier alpha value is -2.93. The van der Waals surface area contributed by atoms with E-state index in [4.69, 9.17) is 0 Å². The molecule has 2 amide bonds. The van der Waals surface area contributed by atoms with Crippen molar-refractivity contribution in [1.29, 1.82) is 0 Å². The zero-order valence-corrected chi connectivity index (χ0v) is 16.2. The number of carbonyl (C=O) groups is 2. The van der Waals surface area contributed by atoms with Crippen molar-refractivity contribution in [3.8, 4) is 0 Å². The largest absolute Gasteiger partial charge is 0.295 e. The van der Waals surface area contributed by atoms with E-state index in [9.17, 15) is 14.4 Å². The summed E-state index contributed by atoms with van der Waals surface area (Å²) in [5.41, 5.74) is 1.53. The minimum atomic E-state index is -0.714. The van der Waals surface area contributed by atoms with Gasteiger partial charge in [0.25, 0.3) is 5.56 Å². The van der Waals surface area contributed by atoms with Crippen LogP contribution in [0.1, 0.15) is 30.3 Å². The predicted octanol–water partition coefficient (Wildman–Crippen LogP) is 2.97. The van der Waals surface area contributed by atoms with Gasteiger partial charge in [-0.15, -0.1) is 11.8 Å². The van der Waals surface area contributed by atoms with Gasteiger partial charge >= 0.3 is 0 Å². The van der Waals surface area contributed by atoms with Gasteiger partial charge in [0.15, 0.2) is 0 Å². The summed E-state index contributed by atoms with van der Waals surface area (Å²) in [6.45, 7) is 1.72. The van der Waals surface area contributed by atoms with Crippen LogP contribution in [-0.4, -0.2) is 21.4 Å². The van der Waals surface area contributed by atoms with E-state index < -0.39 is 11.9 Å². The Morgan fingerprint density at radius 2 is 1.89 bits per heavy atom. The molecule has 0 bridgehead atoms. The number of thioether (sulfide) groups is 1. The molecule has 1 aromatic heterocycles. The molecular weight excluding hydrogens is 374 g/mol. The van der Waals surface area contributed by atoms with Gasteiger partial charge in [-0.25, -0.2) is 4.98 Å². The molecule has 1 saturated heterocycles. The first-order valence-corrected chi connectivity index (χ1v) is 10.1. The van der Waals surface area contributed by atoms with Gasteiger partial charge in [0, 0.05) is 17.1 Å². The lowest BCUT2D eigenvalue weighted by Crippen LogP contribution is -2.45. The van der Waals surface area contributed by atoms with Crippen molar-refractivity contribution in [3.63, 3.8) is 0 Å². The van der Waals surface area contributed by atoms with Crippen LogP contribution >= 0.6 is 11.8 Å². The Kier molecular flexibility index (Phi) is 5.00. The molecule has 2 heterocycles. The van der Waals surface area contributed by atoms with E-state index >= 15 is 0 Å². The van der Waals surface area contributed by atoms with Gasteiger partial charge in [-0.3, -0.25) is 24.3 Å². The number of imide groups is 1. The van der Waals surface area contributed by atoms with Gasteiger partial charge in [0.2, 0.25) is 11.8 Å². The van der Waals surface area contributed by atoms with Crippen molar-refractivity contribution in [2.24, 2.45) is 0 Å². The van der Waals surface area contributed by atoms with Crippen LogP contribution < -0.4 is 10.9 Å². The quantitative estimate of drug-likeness (QED) is 0.544. The third-order valence-electron chi connectivity index (χ3n) is 4.83. The lowest BCUT2D eigenvalue weighted by molar-refractivity contribution is -0.135. The fraction of sp³-hybridized carbons (Fsp3) is 0.238. The normalized spacial score (nSPS) is 17.0. The summed E-state index contributed by atoms with van der Waals surface area (Å²) in [5.74, 6) is 0.445. The number of aromatic nitrogens is 2. The van der Waals surface area contributed by atoms with Crippen LogP contribution in [0.2, 0.25) is 0 Å². The third-order valence-corrected chi connectivity index (χ3v) is 5.96. The average Bonchev–Trinajstić information content (AvgIpc) is 2.68. The number of carbonyl (C=O) groups excluding carboxylic acids is 2. The smallest absolute Gasteiger partial charge is 0.263 e. The fourth-order valence-corrected chi connectivity index (χ4v) is 4.50. The van der Waals surface area contributed by atoms with Crippen LogP contribution in [0.15, 0.2) is 58.2 Å². The summed E-state index contributed by atoms with van der Waals surface area (Å²) < 4.78 is 1.43. The first-order valence-electron chi connectivity index (χ1n) is 9.07. The highest BCUT2D eigenvalue weighted by atomic mass is 32.2. The van der Waals surface area contributed by atoms with E-state index in [-0.39, 0.29) is 17.9 Å².